The molecule has 2 N–H and O–H groups in total. The highest BCUT2D eigenvalue weighted by molar-refractivity contribution is 6.30. The van der Waals surface area contributed by atoms with Gasteiger partial charge in [-0.3, -0.25) is 14.9 Å². The van der Waals surface area contributed by atoms with Crippen LogP contribution in [0.2, 0.25) is 5.02 Å². The SMILES string of the molecule is Cc1ncc(Cl)cc1C(=O)NC1CCC(CN(c2ccn[nH]2)C2CC2)CC1. The molecule has 1 amide bonds. The predicted octanol–water partition coefficient (Wildman–Crippen LogP) is 3.72. The van der Waals surface area contributed by atoms with Crippen LogP contribution in [-0.2, 0) is 0 Å². The molecule has 0 aromatic carbocycles. The Kier molecular flexibility index (Phi) is 5.34. The number of aromatic amines is 1. The summed E-state index contributed by atoms with van der Waals surface area (Å²) in [6.45, 7) is 2.91. The Morgan fingerprint density at radius 2 is 2.07 bits per heavy atom. The Morgan fingerprint density at radius 1 is 1.30 bits per heavy atom. The summed E-state index contributed by atoms with van der Waals surface area (Å²) < 4.78 is 0. The topological polar surface area (TPSA) is 73.9 Å². The number of aryl methyl sites for hydroxylation is 1. The van der Waals surface area contributed by atoms with Gasteiger partial charge in [-0.25, -0.2) is 0 Å². The quantitative estimate of drug-likeness (QED) is 0.792. The van der Waals surface area contributed by atoms with Crippen molar-refractivity contribution in [1.82, 2.24) is 20.5 Å². The van der Waals surface area contributed by atoms with Crippen LogP contribution in [0.15, 0.2) is 24.5 Å². The molecule has 0 atom stereocenters. The van der Waals surface area contributed by atoms with E-state index in [4.69, 9.17) is 11.6 Å². The van der Waals surface area contributed by atoms with Gasteiger partial charge in [0.15, 0.2) is 0 Å². The zero-order chi connectivity index (χ0) is 18.8. The summed E-state index contributed by atoms with van der Waals surface area (Å²) in [6, 6.07) is 4.66. The van der Waals surface area contributed by atoms with E-state index in [1.54, 1.807) is 12.3 Å². The summed E-state index contributed by atoms with van der Waals surface area (Å²) in [6.07, 6.45) is 10.3. The Hall–Kier alpha value is -2.08. The first-order valence-electron chi connectivity index (χ1n) is 9.79. The lowest BCUT2D eigenvalue weighted by molar-refractivity contribution is 0.0921. The fourth-order valence-electron chi connectivity index (χ4n) is 4.01. The van der Waals surface area contributed by atoms with Crippen LogP contribution < -0.4 is 10.2 Å². The molecule has 6 nitrogen and oxygen atoms in total. The second kappa shape index (κ2) is 7.89. The maximum Gasteiger partial charge on any atom is 0.253 e. The molecule has 0 saturated heterocycles. The molecule has 0 spiro atoms. The van der Waals surface area contributed by atoms with Crippen molar-refractivity contribution < 1.29 is 4.79 Å². The molecule has 2 fully saturated rings. The second-order valence-electron chi connectivity index (χ2n) is 7.80. The highest BCUT2D eigenvalue weighted by atomic mass is 35.5. The third kappa shape index (κ3) is 4.43. The van der Waals surface area contributed by atoms with E-state index in [-0.39, 0.29) is 11.9 Å². The predicted molar refractivity (Wildman–Crippen MR) is 106 cm³/mol. The van der Waals surface area contributed by atoms with Gasteiger partial charge in [-0.2, -0.15) is 5.10 Å². The van der Waals surface area contributed by atoms with Crippen LogP contribution in [0, 0.1) is 12.8 Å². The number of anilines is 1. The molecule has 2 heterocycles. The second-order valence-corrected chi connectivity index (χ2v) is 8.24. The van der Waals surface area contributed by atoms with Crippen molar-refractivity contribution in [2.24, 2.45) is 5.92 Å². The third-order valence-corrected chi connectivity index (χ3v) is 5.92. The number of carbonyl (C=O) groups is 1. The van der Waals surface area contributed by atoms with Crippen LogP contribution in [0.3, 0.4) is 0 Å². The maximum absolute atomic E-state index is 12.6. The van der Waals surface area contributed by atoms with Gasteiger partial charge in [0.2, 0.25) is 0 Å². The zero-order valence-electron chi connectivity index (χ0n) is 15.6. The molecule has 4 rings (SSSR count). The first kappa shape index (κ1) is 18.3. The molecule has 144 valence electrons. The molecule has 2 aromatic heterocycles. The first-order valence-corrected chi connectivity index (χ1v) is 10.2. The van der Waals surface area contributed by atoms with Gasteiger partial charge in [0.25, 0.3) is 5.91 Å². The Bertz CT molecular complexity index is 782. The molecule has 0 aliphatic heterocycles. The first-order chi connectivity index (χ1) is 13.1. The third-order valence-electron chi connectivity index (χ3n) is 5.72. The summed E-state index contributed by atoms with van der Waals surface area (Å²) >= 11 is 5.99. The number of aromatic nitrogens is 3. The van der Waals surface area contributed by atoms with Gasteiger partial charge in [0.1, 0.15) is 5.82 Å². The minimum Gasteiger partial charge on any atom is -0.354 e. The molecule has 2 aromatic rings. The lowest BCUT2D eigenvalue weighted by Crippen LogP contribution is -2.40. The van der Waals surface area contributed by atoms with Gasteiger partial charge in [-0.15, -0.1) is 0 Å². The van der Waals surface area contributed by atoms with E-state index in [1.807, 2.05) is 13.1 Å². The van der Waals surface area contributed by atoms with Crippen LogP contribution in [0.5, 0.6) is 0 Å². The van der Waals surface area contributed by atoms with E-state index in [1.165, 1.54) is 12.8 Å². The van der Waals surface area contributed by atoms with E-state index in [0.29, 0.717) is 28.2 Å². The van der Waals surface area contributed by atoms with Gasteiger partial charge in [-0.1, -0.05) is 11.6 Å². The van der Waals surface area contributed by atoms with E-state index >= 15 is 0 Å². The minimum atomic E-state index is -0.0667. The molecule has 0 unspecified atom stereocenters. The largest absolute Gasteiger partial charge is 0.354 e. The van der Waals surface area contributed by atoms with E-state index in [9.17, 15) is 4.79 Å². The number of carbonyl (C=O) groups excluding carboxylic acids is 1. The van der Waals surface area contributed by atoms with Gasteiger partial charge in [0.05, 0.1) is 22.5 Å². The standard InChI is InChI=1S/C20H26ClN5O/c1-13-18(10-15(21)11-22-13)20(27)24-16-4-2-14(3-5-16)12-26(17-6-7-17)19-8-9-23-25-19/h8-11,14,16-17H,2-7,12H2,1H3,(H,23,25)(H,24,27). The summed E-state index contributed by atoms with van der Waals surface area (Å²) in [5.74, 6) is 1.73. The Balaban J connectivity index is 1.30. The van der Waals surface area contributed by atoms with E-state index in [0.717, 1.165) is 38.0 Å². The Labute approximate surface area is 164 Å². The summed E-state index contributed by atoms with van der Waals surface area (Å²) in [5.41, 5.74) is 1.29. The lowest BCUT2D eigenvalue weighted by atomic mass is 9.85. The average molecular weight is 388 g/mol. The van der Waals surface area contributed by atoms with Gasteiger partial charge in [-0.05, 0) is 57.4 Å². The van der Waals surface area contributed by atoms with Gasteiger partial charge >= 0.3 is 0 Å². The Morgan fingerprint density at radius 3 is 2.74 bits per heavy atom. The number of nitrogens with zero attached hydrogens (tertiary/aromatic N) is 3. The van der Waals surface area contributed by atoms with Crippen molar-refractivity contribution in [2.75, 3.05) is 11.4 Å². The van der Waals surface area contributed by atoms with Crippen LogP contribution in [0.25, 0.3) is 0 Å². The molecule has 2 aliphatic rings. The van der Waals surface area contributed by atoms with Crippen molar-refractivity contribution in [3.8, 4) is 0 Å². The fourth-order valence-corrected chi connectivity index (χ4v) is 4.16. The maximum atomic E-state index is 12.6. The molecule has 2 saturated carbocycles. The van der Waals surface area contributed by atoms with Crippen LogP contribution in [0.1, 0.15) is 54.6 Å². The summed E-state index contributed by atoms with van der Waals surface area (Å²) in [4.78, 5) is 19.2. The van der Waals surface area contributed by atoms with Crippen molar-refractivity contribution in [1.29, 1.82) is 0 Å². The molecule has 7 heteroatoms. The normalized spacial score (nSPS) is 22.4. The highest BCUT2D eigenvalue weighted by Gasteiger charge is 2.33. The molecular formula is C20H26ClN5O. The number of amides is 1. The minimum absolute atomic E-state index is 0.0667. The smallest absolute Gasteiger partial charge is 0.253 e. The van der Waals surface area contributed by atoms with E-state index in [2.05, 4.69) is 31.5 Å². The molecule has 0 bridgehead atoms. The molecule has 2 aliphatic carbocycles. The number of hydrogen-bond donors (Lipinski definition) is 2. The number of H-pyrrole nitrogens is 1. The lowest BCUT2D eigenvalue weighted by Gasteiger charge is -2.33. The van der Waals surface area contributed by atoms with Crippen LogP contribution in [0.4, 0.5) is 5.82 Å². The molecule has 0 radical (unpaired) electrons. The van der Waals surface area contributed by atoms with Crippen LogP contribution >= 0.6 is 11.6 Å². The van der Waals surface area contributed by atoms with E-state index < -0.39 is 0 Å². The monoisotopic (exact) mass is 387 g/mol. The molecular weight excluding hydrogens is 362 g/mol. The number of rotatable bonds is 6. The van der Waals surface area contributed by atoms with Crippen molar-refractivity contribution >= 4 is 23.3 Å². The average Bonchev–Trinajstić information content (AvgIpc) is 3.36. The fraction of sp³-hybridized carbons (Fsp3) is 0.550. The van der Waals surface area contributed by atoms with Crippen LogP contribution in [-0.4, -0.2) is 39.7 Å². The number of nitrogens with one attached hydrogen (secondary N) is 2. The highest BCUT2D eigenvalue weighted by Crippen LogP contribution is 2.34. The summed E-state index contributed by atoms with van der Waals surface area (Å²) in [7, 11) is 0. The van der Waals surface area contributed by atoms with Gasteiger partial charge in [0, 0.05) is 30.9 Å². The number of pyridine rings is 1. The summed E-state index contributed by atoms with van der Waals surface area (Å²) in [5, 5.41) is 10.9. The zero-order valence-corrected chi connectivity index (χ0v) is 16.4. The number of halogens is 1. The molecule has 27 heavy (non-hydrogen) atoms. The van der Waals surface area contributed by atoms with Crippen molar-refractivity contribution in [3.05, 3.63) is 40.8 Å². The van der Waals surface area contributed by atoms with Crippen molar-refractivity contribution in [2.45, 2.75) is 57.5 Å². The number of hydrogen-bond acceptors (Lipinski definition) is 4. The van der Waals surface area contributed by atoms with Crippen molar-refractivity contribution in [3.63, 3.8) is 0 Å². The van der Waals surface area contributed by atoms with Gasteiger partial charge < -0.3 is 10.2 Å².